The molecule has 0 radical (unpaired) electrons. The van der Waals surface area contributed by atoms with Crippen LogP contribution in [0.2, 0.25) is 0 Å². The van der Waals surface area contributed by atoms with Crippen molar-refractivity contribution in [2.45, 2.75) is 71.8 Å². The number of carbonyl (C=O) groups excluding carboxylic acids is 2. The smallest absolute Gasteiger partial charge is 0.183 e. The summed E-state index contributed by atoms with van der Waals surface area (Å²) in [5, 5.41) is 25.6. The second kappa shape index (κ2) is 7.06. The molecular weight excluding hydrogens is 440 g/mol. The Hall–Kier alpha value is -2.47. The summed E-state index contributed by atoms with van der Waals surface area (Å²) in [4.78, 5) is 30.0. The van der Waals surface area contributed by atoms with Gasteiger partial charge in [-0.05, 0) is 86.8 Å². The molecule has 5 aliphatic carbocycles. The number of Topliss-reactive ketones (excluding diaryl/α,β-unsaturated/α-hetero) is 1. The summed E-state index contributed by atoms with van der Waals surface area (Å²) in [6.45, 7) is 8.21. The molecule has 6 nitrogen and oxygen atoms in total. The van der Waals surface area contributed by atoms with Crippen molar-refractivity contribution in [3.8, 4) is 5.75 Å². The quantitative estimate of drug-likeness (QED) is 0.586. The molecule has 4 saturated carbocycles. The monoisotopic (exact) mass is 476 g/mol. The van der Waals surface area contributed by atoms with Crippen LogP contribution in [0.25, 0.3) is 0 Å². The van der Waals surface area contributed by atoms with E-state index in [0.717, 1.165) is 31.4 Å². The van der Waals surface area contributed by atoms with Gasteiger partial charge in [0.05, 0.1) is 17.9 Å². The summed E-state index contributed by atoms with van der Waals surface area (Å²) in [6, 6.07) is 1.75. The van der Waals surface area contributed by atoms with Gasteiger partial charge < -0.3 is 15.5 Å². The molecule has 0 amide bonds. The Morgan fingerprint density at radius 1 is 1.29 bits per heavy atom. The van der Waals surface area contributed by atoms with Gasteiger partial charge in [0.2, 0.25) is 0 Å². The van der Waals surface area contributed by atoms with E-state index in [4.69, 9.17) is 0 Å². The van der Waals surface area contributed by atoms with Crippen LogP contribution in [0.3, 0.4) is 0 Å². The number of aryl methyl sites for hydroxylation is 2. The molecule has 3 N–H and O–H groups in total. The minimum atomic E-state index is -1.35. The lowest BCUT2D eigenvalue weighted by Crippen LogP contribution is -2.59. The molecular formula is C29H36N2O4. The molecule has 1 aromatic heterocycles. The van der Waals surface area contributed by atoms with Crippen molar-refractivity contribution >= 4 is 17.3 Å². The van der Waals surface area contributed by atoms with Gasteiger partial charge in [0.15, 0.2) is 17.3 Å². The molecule has 4 fully saturated rings. The summed E-state index contributed by atoms with van der Waals surface area (Å²) < 4.78 is 0. The Kier molecular flexibility index (Phi) is 4.63. The average Bonchev–Trinajstić information content (AvgIpc) is 3.38. The van der Waals surface area contributed by atoms with Gasteiger partial charge in [-0.25, -0.2) is 0 Å². The highest BCUT2D eigenvalue weighted by molar-refractivity contribution is 6.01. The number of ketones is 2. The molecule has 0 unspecified atom stereocenters. The van der Waals surface area contributed by atoms with E-state index in [-0.39, 0.29) is 34.7 Å². The number of carbonyl (C=O) groups is 2. The first kappa shape index (κ1) is 23.0. The largest absolute Gasteiger partial charge is 0.504 e. The van der Waals surface area contributed by atoms with E-state index in [2.05, 4.69) is 30.2 Å². The number of fused-ring (bicyclic) bond motifs is 2. The standard InChI is InChI=1S/C29H36N2O4/c1-5-20-24(34)21(12-16(2)31-20)30-15-23(33)29(35)14-19-25-27(29,4)10-8-22-26(3)9-7-18(32)13-17(26)6-11-28(19,22)25/h7,9,12-13,19,22,25,34-35H,5-6,8,10-11,14-15H2,1-4H3,(H,30,31)/t19-,22-,25-,26+,27-,28+,29-/m1/s1. The van der Waals surface area contributed by atoms with E-state index in [9.17, 15) is 19.8 Å². The molecule has 7 atom stereocenters. The molecule has 0 saturated heterocycles. The third-order valence-electron chi connectivity index (χ3n) is 10.9. The average molecular weight is 477 g/mol. The zero-order chi connectivity index (χ0) is 25.0. The van der Waals surface area contributed by atoms with Crippen molar-refractivity contribution in [2.24, 2.45) is 34.0 Å². The molecule has 0 aromatic carbocycles. The molecule has 0 bridgehead atoms. The Balaban J connectivity index is 1.24. The number of allylic oxidation sites excluding steroid dienone is 4. The van der Waals surface area contributed by atoms with Gasteiger partial charge in [0.1, 0.15) is 5.60 Å². The molecule has 1 spiro atoms. The van der Waals surface area contributed by atoms with Gasteiger partial charge in [-0.3, -0.25) is 14.6 Å². The normalized spacial score (nSPS) is 42.6. The Bertz CT molecular complexity index is 1220. The minimum Gasteiger partial charge on any atom is -0.504 e. The van der Waals surface area contributed by atoms with E-state index in [1.165, 1.54) is 5.57 Å². The van der Waals surface area contributed by atoms with Crippen LogP contribution < -0.4 is 5.32 Å². The third kappa shape index (κ3) is 2.72. The van der Waals surface area contributed by atoms with Crippen LogP contribution in [0.4, 0.5) is 5.69 Å². The summed E-state index contributed by atoms with van der Waals surface area (Å²) in [7, 11) is 0. The minimum absolute atomic E-state index is 0.0163. The third-order valence-corrected chi connectivity index (χ3v) is 10.9. The van der Waals surface area contributed by atoms with E-state index < -0.39 is 11.0 Å². The first-order valence-corrected chi connectivity index (χ1v) is 13.1. The fraction of sp³-hybridized carbons (Fsp3) is 0.621. The van der Waals surface area contributed by atoms with E-state index in [0.29, 0.717) is 42.0 Å². The zero-order valence-electron chi connectivity index (χ0n) is 21.1. The fourth-order valence-corrected chi connectivity index (χ4v) is 9.25. The summed E-state index contributed by atoms with van der Waals surface area (Å²) in [6.07, 6.45) is 10.6. The topological polar surface area (TPSA) is 99.5 Å². The van der Waals surface area contributed by atoms with Crippen molar-refractivity contribution in [3.63, 3.8) is 0 Å². The molecule has 186 valence electrons. The Morgan fingerprint density at radius 2 is 2.06 bits per heavy atom. The molecule has 6 rings (SSSR count). The van der Waals surface area contributed by atoms with Crippen LogP contribution in [0, 0.1) is 40.9 Å². The number of nitrogens with one attached hydrogen (secondary N) is 1. The highest BCUT2D eigenvalue weighted by Gasteiger charge is 2.85. The molecule has 6 heteroatoms. The number of hydrogen-bond donors (Lipinski definition) is 3. The fourth-order valence-electron chi connectivity index (χ4n) is 9.25. The van der Waals surface area contributed by atoms with Crippen molar-refractivity contribution in [3.05, 3.63) is 41.3 Å². The zero-order valence-corrected chi connectivity index (χ0v) is 21.1. The van der Waals surface area contributed by atoms with Gasteiger partial charge in [0, 0.05) is 16.5 Å². The van der Waals surface area contributed by atoms with E-state index in [1.54, 1.807) is 12.1 Å². The predicted octanol–water partition coefficient (Wildman–Crippen LogP) is 4.29. The van der Waals surface area contributed by atoms with Crippen molar-refractivity contribution in [2.75, 3.05) is 11.9 Å². The van der Waals surface area contributed by atoms with Crippen molar-refractivity contribution in [1.82, 2.24) is 4.98 Å². The van der Waals surface area contributed by atoms with Gasteiger partial charge in [-0.1, -0.05) is 32.4 Å². The van der Waals surface area contributed by atoms with Crippen molar-refractivity contribution in [1.29, 1.82) is 0 Å². The Morgan fingerprint density at radius 3 is 2.80 bits per heavy atom. The second-order valence-electron chi connectivity index (χ2n) is 12.2. The SMILES string of the molecule is CCc1nc(C)cc(NCC(=O)[C@]2(O)C[C@@H]3[C@H]4[C@@]35CCC3=CC(=O)C=C[C@]3(C)[C@H]5CC[C@]42C)c1O. The molecule has 1 aromatic rings. The van der Waals surface area contributed by atoms with Crippen LogP contribution in [0.1, 0.15) is 64.3 Å². The maximum atomic E-state index is 13.6. The van der Waals surface area contributed by atoms with Gasteiger partial charge >= 0.3 is 0 Å². The van der Waals surface area contributed by atoms with Crippen LogP contribution in [0.15, 0.2) is 29.9 Å². The lowest BCUT2D eigenvalue weighted by atomic mass is 9.47. The molecule has 0 aliphatic heterocycles. The maximum absolute atomic E-state index is 13.6. The predicted molar refractivity (Wildman–Crippen MR) is 133 cm³/mol. The lowest BCUT2D eigenvalue weighted by molar-refractivity contribution is -0.163. The Labute approximate surface area is 206 Å². The molecule has 1 heterocycles. The number of aliphatic hydroxyl groups is 1. The van der Waals surface area contributed by atoms with Gasteiger partial charge in [0.25, 0.3) is 0 Å². The van der Waals surface area contributed by atoms with Crippen LogP contribution in [0.5, 0.6) is 5.75 Å². The van der Waals surface area contributed by atoms with Crippen LogP contribution in [-0.4, -0.2) is 38.9 Å². The number of aromatic hydroxyl groups is 1. The molecule has 35 heavy (non-hydrogen) atoms. The number of aromatic nitrogens is 1. The highest BCUT2D eigenvalue weighted by Crippen LogP contribution is 2.87. The summed E-state index contributed by atoms with van der Waals surface area (Å²) in [5.41, 5.74) is 1.43. The highest BCUT2D eigenvalue weighted by atomic mass is 16.3. The van der Waals surface area contributed by atoms with E-state index >= 15 is 0 Å². The second-order valence-corrected chi connectivity index (χ2v) is 12.2. The number of anilines is 1. The van der Waals surface area contributed by atoms with Crippen LogP contribution in [-0.2, 0) is 16.0 Å². The number of rotatable bonds is 5. The van der Waals surface area contributed by atoms with E-state index in [1.807, 2.05) is 19.9 Å². The first-order valence-electron chi connectivity index (χ1n) is 13.1. The summed E-state index contributed by atoms with van der Waals surface area (Å²) in [5.74, 6) is 1.15. The number of pyridine rings is 1. The summed E-state index contributed by atoms with van der Waals surface area (Å²) >= 11 is 0. The molecule has 5 aliphatic rings. The first-order chi connectivity index (χ1) is 16.5. The van der Waals surface area contributed by atoms with Gasteiger partial charge in [-0.15, -0.1) is 0 Å². The number of hydrogen-bond acceptors (Lipinski definition) is 6. The van der Waals surface area contributed by atoms with Crippen LogP contribution >= 0.6 is 0 Å². The number of nitrogens with zero attached hydrogens (tertiary/aromatic N) is 1. The van der Waals surface area contributed by atoms with Crippen molar-refractivity contribution < 1.29 is 19.8 Å². The lowest BCUT2D eigenvalue weighted by Gasteiger charge is -2.57. The maximum Gasteiger partial charge on any atom is 0.183 e. The van der Waals surface area contributed by atoms with Gasteiger partial charge in [-0.2, -0.15) is 0 Å².